The van der Waals surface area contributed by atoms with Gasteiger partial charge in [-0.2, -0.15) is 0 Å². The molecule has 4 aliphatic rings. The number of nitrogens with zero attached hydrogens (tertiary/aromatic N) is 3. The lowest BCUT2D eigenvalue weighted by molar-refractivity contribution is -0.0596. The quantitative estimate of drug-likeness (QED) is 0.475. The summed E-state index contributed by atoms with van der Waals surface area (Å²) in [5.41, 5.74) is 9.47. The van der Waals surface area contributed by atoms with Gasteiger partial charge < -0.3 is 11.1 Å². The molecule has 3 N–H and O–H groups in total. The van der Waals surface area contributed by atoms with Crippen LogP contribution >= 0.6 is 0 Å². The Balaban J connectivity index is 1.12. The molecular weight excluding hydrogens is 429 g/mol. The normalized spacial score (nSPS) is 27.1. The third-order valence-electron chi connectivity index (χ3n) is 8.29. The summed E-state index contributed by atoms with van der Waals surface area (Å²) in [6.07, 6.45) is 11.3. The second-order valence-corrected chi connectivity index (χ2v) is 10.8. The molecule has 176 valence electrons. The number of benzene rings is 2. The van der Waals surface area contributed by atoms with Crippen molar-refractivity contribution in [3.8, 4) is 11.1 Å². The third-order valence-corrected chi connectivity index (χ3v) is 8.29. The molecule has 4 saturated carbocycles. The Bertz CT molecular complexity index is 1180. The Morgan fingerprint density at radius 3 is 2.35 bits per heavy atom. The van der Waals surface area contributed by atoms with Crippen LogP contribution in [0.5, 0.6) is 0 Å². The number of nitrogens with one attached hydrogen (secondary N) is 1. The fourth-order valence-corrected chi connectivity index (χ4v) is 7.13. The van der Waals surface area contributed by atoms with Gasteiger partial charge in [-0.1, -0.05) is 23.4 Å². The summed E-state index contributed by atoms with van der Waals surface area (Å²) < 4.78 is 15.1. The zero-order valence-electron chi connectivity index (χ0n) is 19.2. The van der Waals surface area contributed by atoms with E-state index in [0.717, 1.165) is 41.8 Å². The fraction of sp³-hybridized carbons (Fsp3) is 0.444. The van der Waals surface area contributed by atoms with Crippen LogP contribution in [-0.4, -0.2) is 20.9 Å². The first-order valence-corrected chi connectivity index (χ1v) is 12.3. The highest BCUT2D eigenvalue weighted by atomic mass is 19.1. The van der Waals surface area contributed by atoms with Crippen LogP contribution in [0, 0.1) is 29.0 Å². The Morgan fingerprint density at radius 1 is 1.03 bits per heavy atom. The number of hydrogen-bond donors (Lipinski definition) is 2. The van der Waals surface area contributed by atoms with E-state index in [2.05, 4.69) is 15.6 Å². The van der Waals surface area contributed by atoms with Gasteiger partial charge in [0.25, 0.3) is 5.91 Å². The van der Waals surface area contributed by atoms with Crippen molar-refractivity contribution in [3.63, 3.8) is 0 Å². The maximum atomic E-state index is 13.3. The number of anilines is 2. The van der Waals surface area contributed by atoms with Gasteiger partial charge in [0.1, 0.15) is 5.82 Å². The Labute approximate surface area is 198 Å². The molecule has 4 fully saturated rings. The number of amides is 1. The van der Waals surface area contributed by atoms with E-state index >= 15 is 0 Å². The smallest absolute Gasteiger partial charge is 0.277 e. The van der Waals surface area contributed by atoms with Crippen molar-refractivity contribution in [2.75, 3.05) is 11.1 Å². The number of aromatic nitrogens is 3. The number of nitrogen functional groups attached to an aromatic ring is 1. The summed E-state index contributed by atoms with van der Waals surface area (Å²) in [4.78, 5) is 12.9. The molecular formula is C27H30FN5O. The Kier molecular flexibility index (Phi) is 5.15. The van der Waals surface area contributed by atoms with Gasteiger partial charge in [-0.05, 0) is 104 Å². The maximum absolute atomic E-state index is 13.3. The van der Waals surface area contributed by atoms with Gasteiger partial charge in [-0.25, -0.2) is 4.39 Å². The highest BCUT2D eigenvalue weighted by Gasteiger charge is 2.50. The van der Waals surface area contributed by atoms with E-state index < -0.39 is 0 Å². The predicted octanol–water partition coefficient (Wildman–Crippen LogP) is 5.53. The minimum atomic E-state index is -0.344. The fourth-order valence-electron chi connectivity index (χ4n) is 7.13. The molecule has 34 heavy (non-hydrogen) atoms. The van der Waals surface area contributed by atoms with Crippen molar-refractivity contribution >= 4 is 17.3 Å². The average molecular weight is 460 g/mol. The lowest BCUT2D eigenvalue weighted by Gasteiger charge is -2.57. The number of aryl methyl sites for hydroxylation is 1. The standard InChI is InChI=1S/C27H30FN5O/c28-22-4-1-20(2-5-22)21-3-6-23(29)24(12-21)30-26(34)25-16-33(32-31-25)8-7-27-13-17-9-18(14-27)11-19(10-17)15-27/h1-6,12,16-19H,7-11,13-15,29H2,(H,30,34). The molecule has 7 heteroatoms. The minimum absolute atomic E-state index is 0.275. The van der Waals surface area contributed by atoms with E-state index in [0.29, 0.717) is 16.8 Å². The second kappa shape index (κ2) is 8.22. The zero-order valence-corrected chi connectivity index (χ0v) is 19.2. The first-order chi connectivity index (χ1) is 16.4. The van der Waals surface area contributed by atoms with Crippen molar-refractivity contribution in [2.24, 2.45) is 23.2 Å². The summed E-state index contributed by atoms with van der Waals surface area (Å²) in [6.45, 7) is 0.800. The summed E-state index contributed by atoms with van der Waals surface area (Å²) in [5.74, 6) is 2.15. The zero-order chi connectivity index (χ0) is 23.3. The molecule has 7 rings (SSSR count). The predicted molar refractivity (Wildman–Crippen MR) is 129 cm³/mol. The molecule has 1 amide bonds. The van der Waals surface area contributed by atoms with Crippen LogP contribution in [0.2, 0.25) is 0 Å². The Morgan fingerprint density at radius 2 is 1.68 bits per heavy atom. The highest BCUT2D eigenvalue weighted by molar-refractivity contribution is 6.04. The maximum Gasteiger partial charge on any atom is 0.277 e. The largest absolute Gasteiger partial charge is 0.397 e. The van der Waals surface area contributed by atoms with Gasteiger partial charge in [0.15, 0.2) is 5.69 Å². The van der Waals surface area contributed by atoms with Crippen molar-refractivity contribution < 1.29 is 9.18 Å². The molecule has 6 nitrogen and oxygen atoms in total. The number of carbonyl (C=O) groups is 1. The van der Waals surface area contributed by atoms with Gasteiger partial charge in [0.05, 0.1) is 17.6 Å². The molecule has 3 aromatic rings. The van der Waals surface area contributed by atoms with E-state index in [1.54, 1.807) is 30.5 Å². The second-order valence-electron chi connectivity index (χ2n) is 10.8. The number of halogens is 1. The van der Waals surface area contributed by atoms with Crippen LogP contribution < -0.4 is 11.1 Å². The van der Waals surface area contributed by atoms with E-state index in [1.165, 1.54) is 50.7 Å². The molecule has 1 heterocycles. The highest BCUT2D eigenvalue weighted by Crippen LogP contribution is 2.61. The van der Waals surface area contributed by atoms with Crippen LogP contribution in [-0.2, 0) is 6.54 Å². The van der Waals surface area contributed by atoms with Crippen LogP contribution in [0.25, 0.3) is 11.1 Å². The molecule has 4 aliphatic carbocycles. The first-order valence-electron chi connectivity index (χ1n) is 12.3. The molecule has 0 aliphatic heterocycles. The minimum Gasteiger partial charge on any atom is -0.397 e. The van der Waals surface area contributed by atoms with Crippen LogP contribution in [0.3, 0.4) is 0 Å². The Hall–Kier alpha value is -3.22. The molecule has 1 aromatic heterocycles. The van der Waals surface area contributed by atoms with Crippen LogP contribution in [0.4, 0.5) is 15.8 Å². The van der Waals surface area contributed by atoms with Gasteiger partial charge in [0, 0.05) is 6.54 Å². The van der Waals surface area contributed by atoms with E-state index in [-0.39, 0.29) is 17.4 Å². The molecule has 2 aromatic carbocycles. The monoisotopic (exact) mass is 459 g/mol. The molecule has 0 saturated heterocycles. The molecule has 0 unspecified atom stereocenters. The average Bonchev–Trinajstić information content (AvgIpc) is 3.28. The van der Waals surface area contributed by atoms with Crippen molar-refractivity contribution in [1.29, 1.82) is 0 Å². The SMILES string of the molecule is Nc1ccc(-c2ccc(F)cc2)cc1NC(=O)c1cn(CCC23CC4CC(CC(C4)C2)C3)nn1. The number of hydrogen-bond acceptors (Lipinski definition) is 4. The number of rotatable bonds is 6. The van der Waals surface area contributed by atoms with Crippen LogP contribution in [0.15, 0.2) is 48.7 Å². The van der Waals surface area contributed by atoms with E-state index in [9.17, 15) is 9.18 Å². The summed E-state index contributed by atoms with van der Waals surface area (Å²) in [5, 5.41) is 11.2. The van der Waals surface area contributed by atoms with Gasteiger partial charge in [-0.3, -0.25) is 9.48 Å². The number of carbonyl (C=O) groups excluding carboxylic acids is 1. The summed E-state index contributed by atoms with van der Waals surface area (Å²) >= 11 is 0. The molecule has 0 atom stereocenters. The molecule has 0 spiro atoms. The molecule has 4 bridgehead atoms. The lowest BCUT2D eigenvalue weighted by Crippen LogP contribution is -2.46. The van der Waals surface area contributed by atoms with Gasteiger partial charge >= 0.3 is 0 Å². The summed E-state index contributed by atoms with van der Waals surface area (Å²) in [7, 11) is 0. The van der Waals surface area contributed by atoms with Crippen molar-refractivity contribution in [3.05, 3.63) is 60.2 Å². The van der Waals surface area contributed by atoms with Crippen molar-refractivity contribution in [2.45, 2.75) is 51.5 Å². The summed E-state index contributed by atoms with van der Waals surface area (Å²) in [6, 6.07) is 11.6. The molecule has 0 radical (unpaired) electrons. The lowest BCUT2D eigenvalue weighted by atomic mass is 9.49. The topological polar surface area (TPSA) is 85.8 Å². The van der Waals surface area contributed by atoms with Crippen molar-refractivity contribution in [1.82, 2.24) is 15.0 Å². The first kappa shape index (κ1) is 21.3. The van der Waals surface area contributed by atoms with E-state index in [1.807, 2.05) is 10.7 Å². The third kappa shape index (κ3) is 4.08. The van der Waals surface area contributed by atoms with Gasteiger partial charge in [0.2, 0.25) is 0 Å². The van der Waals surface area contributed by atoms with E-state index in [4.69, 9.17) is 5.73 Å². The number of nitrogens with two attached hydrogens (primary N) is 1. The van der Waals surface area contributed by atoms with Gasteiger partial charge in [-0.15, -0.1) is 5.10 Å². The van der Waals surface area contributed by atoms with Crippen LogP contribution in [0.1, 0.15) is 55.4 Å².